The predicted octanol–water partition coefficient (Wildman–Crippen LogP) is 0.0949. The number of nitrogens with zero attached hydrogens (tertiary/aromatic N) is 3. The number of aryl methyl sites for hydroxylation is 2. The minimum atomic E-state index is 0.247. The molecule has 1 aromatic heterocycles. The molecule has 0 saturated carbocycles. The average Bonchev–Trinajstić information content (AvgIpc) is 2.31. The zero-order chi connectivity index (χ0) is 8.27. The van der Waals surface area contributed by atoms with Crippen molar-refractivity contribution in [1.82, 2.24) is 15.0 Å². The highest BCUT2D eigenvalue weighted by molar-refractivity contribution is 4.92. The molecule has 0 amide bonds. The summed E-state index contributed by atoms with van der Waals surface area (Å²) < 4.78 is 1.70. The predicted molar refractivity (Wildman–Crippen MR) is 43.0 cm³/mol. The maximum Gasteiger partial charge on any atom is 0.0827 e. The summed E-state index contributed by atoms with van der Waals surface area (Å²) in [6.45, 7) is 2.00. The van der Waals surface area contributed by atoms with Gasteiger partial charge in [0.2, 0.25) is 0 Å². The van der Waals surface area contributed by atoms with E-state index in [9.17, 15) is 0 Å². The van der Waals surface area contributed by atoms with Crippen LogP contribution in [-0.4, -0.2) is 21.0 Å². The standard InChI is InChI=1S/C7H14N4/c1-6(8)3-4-7-5-11(2)10-9-7/h5-6H,3-4,8H2,1-2H3/t6-/m1/s1. The van der Waals surface area contributed by atoms with Crippen LogP contribution in [0.1, 0.15) is 19.0 Å². The third-order valence-electron chi connectivity index (χ3n) is 1.51. The monoisotopic (exact) mass is 154 g/mol. The molecule has 1 atom stereocenters. The van der Waals surface area contributed by atoms with Crippen LogP contribution in [-0.2, 0) is 13.5 Å². The second-order valence-electron chi connectivity index (χ2n) is 2.90. The van der Waals surface area contributed by atoms with Crippen LogP contribution in [0.2, 0.25) is 0 Å². The molecule has 0 aliphatic heterocycles. The number of hydrogen-bond acceptors (Lipinski definition) is 3. The van der Waals surface area contributed by atoms with Crippen molar-refractivity contribution in [2.45, 2.75) is 25.8 Å². The molecule has 0 bridgehead atoms. The Morgan fingerprint density at radius 3 is 2.91 bits per heavy atom. The first-order chi connectivity index (χ1) is 5.18. The second kappa shape index (κ2) is 3.48. The van der Waals surface area contributed by atoms with E-state index in [1.54, 1.807) is 4.68 Å². The van der Waals surface area contributed by atoms with Crippen LogP contribution in [0.3, 0.4) is 0 Å². The van der Waals surface area contributed by atoms with Crippen LogP contribution >= 0.6 is 0 Å². The minimum absolute atomic E-state index is 0.247. The van der Waals surface area contributed by atoms with Gasteiger partial charge in [-0.1, -0.05) is 5.21 Å². The Morgan fingerprint density at radius 1 is 1.73 bits per heavy atom. The van der Waals surface area contributed by atoms with Gasteiger partial charge >= 0.3 is 0 Å². The highest BCUT2D eigenvalue weighted by Gasteiger charge is 1.99. The molecule has 11 heavy (non-hydrogen) atoms. The molecular formula is C7H14N4. The third-order valence-corrected chi connectivity index (χ3v) is 1.51. The molecule has 0 unspecified atom stereocenters. The second-order valence-corrected chi connectivity index (χ2v) is 2.90. The summed E-state index contributed by atoms with van der Waals surface area (Å²) in [4.78, 5) is 0. The van der Waals surface area contributed by atoms with Gasteiger partial charge in [0.15, 0.2) is 0 Å². The lowest BCUT2D eigenvalue weighted by atomic mass is 10.2. The Kier molecular flexibility index (Phi) is 2.59. The van der Waals surface area contributed by atoms with Crippen molar-refractivity contribution in [3.05, 3.63) is 11.9 Å². The zero-order valence-corrected chi connectivity index (χ0v) is 6.99. The van der Waals surface area contributed by atoms with E-state index < -0.39 is 0 Å². The molecule has 4 nitrogen and oxygen atoms in total. The van der Waals surface area contributed by atoms with Crippen LogP contribution < -0.4 is 5.73 Å². The van der Waals surface area contributed by atoms with Gasteiger partial charge < -0.3 is 5.73 Å². The summed E-state index contributed by atoms with van der Waals surface area (Å²) in [6.07, 6.45) is 3.81. The Morgan fingerprint density at radius 2 is 2.45 bits per heavy atom. The molecule has 0 aliphatic carbocycles. The summed E-state index contributed by atoms with van der Waals surface area (Å²) in [5.41, 5.74) is 6.61. The Bertz CT molecular complexity index is 216. The van der Waals surface area contributed by atoms with E-state index in [-0.39, 0.29) is 6.04 Å². The molecule has 0 spiro atoms. The van der Waals surface area contributed by atoms with E-state index in [1.807, 2.05) is 20.2 Å². The van der Waals surface area contributed by atoms with Gasteiger partial charge in [0.1, 0.15) is 0 Å². The molecule has 0 fully saturated rings. The van der Waals surface area contributed by atoms with Crippen LogP contribution in [0.4, 0.5) is 0 Å². The Labute approximate surface area is 66.4 Å². The van der Waals surface area contributed by atoms with Crippen LogP contribution in [0.15, 0.2) is 6.20 Å². The topological polar surface area (TPSA) is 56.7 Å². The number of nitrogens with two attached hydrogens (primary N) is 1. The van der Waals surface area contributed by atoms with Crippen molar-refractivity contribution in [1.29, 1.82) is 0 Å². The van der Waals surface area contributed by atoms with E-state index in [1.165, 1.54) is 0 Å². The van der Waals surface area contributed by atoms with E-state index in [2.05, 4.69) is 10.3 Å². The Balaban J connectivity index is 2.39. The van der Waals surface area contributed by atoms with Gasteiger partial charge in [-0.05, 0) is 19.8 Å². The third kappa shape index (κ3) is 2.67. The fourth-order valence-electron chi connectivity index (χ4n) is 0.885. The van der Waals surface area contributed by atoms with Crippen molar-refractivity contribution in [2.24, 2.45) is 12.8 Å². The largest absolute Gasteiger partial charge is 0.328 e. The summed E-state index contributed by atoms with van der Waals surface area (Å²) in [5.74, 6) is 0. The van der Waals surface area contributed by atoms with Crippen LogP contribution in [0.5, 0.6) is 0 Å². The van der Waals surface area contributed by atoms with E-state index in [0.29, 0.717) is 0 Å². The molecule has 2 N–H and O–H groups in total. The highest BCUT2D eigenvalue weighted by atomic mass is 15.4. The van der Waals surface area contributed by atoms with Gasteiger partial charge in [0, 0.05) is 19.3 Å². The number of aromatic nitrogens is 3. The Hall–Kier alpha value is -0.900. The zero-order valence-electron chi connectivity index (χ0n) is 6.99. The first kappa shape index (κ1) is 8.20. The quantitative estimate of drug-likeness (QED) is 0.671. The summed E-state index contributed by atoms with van der Waals surface area (Å²) >= 11 is 0. The highest BCUT2D eigenvalue weighted by Crippen LogP contribution is 1.98. The maximum atomic E-state index is 5.59. The van der Waals surface area contributed by atoms with Gasteiger partial charge in [0.05, 0.1) is 5.69 Å². The van der Waals surface area contributed by atoms with Gasteiger partial charge in [-0.25, -0.2) is 0 Å². The van der Waals surface area contributed by atoms with E-state index >= 15 is 0 Å². The molecule has 1 heterocycles. The lowest BCUT2D eigenvalue weighted by molar-refractivity contribution is 0.656. The molecule has 0 aromatic carbocycles. The normalized spacial score (nSPS) is 13.4. The van der Waals surface area contributed by atoms with E-state index in [4.69, 9.17) is 5.73 Å². The van der Waals surface area contributed by atoms with Crippen molar-refractivity contribution in [2.75, 3.05) is 0 Å². The molecule has 1 aromatic rings. The SMILES string of the molecule is C[C@@H](N)CCc1cn(C)nn1. The summed E-state index contributed by atoms with van der Waals surface area (Å²) in [7, 11) is 1.86. The fraction of sp³-hybridized carbons (Fsp3) is 0.714. The van der Waals surface area contributed by atoms with Crippen molar-refractivity contribution in [3.63, 3.8) is 0 Å². The summed E-state index contributed by atoms with van der Waals surface area (Å²) in [6, 6.07) is 0.247. The van der Waals surface area contributed by atoms with Gasteiger partial charge in [-0.2, -0.15) is 0 Å². The number of rotatable bonds is 3. The summed E-state index contributed by atoms with van der Waals surface area (Å²) in [5, 5.41) is 7.77. The van der Waals surface area contributed by atoms with Crippen LogP contribution in [0.25, 0.3) is 0 Å². The minimum Gasteiger partial charge on any atom is -0.328 e. The number of hydrogen-bond donors (Lipinski definition) is 1. The smallest absolute Gasteiger partial charge is 0.0827 e. The van der Waals surface area contributed by atoms with E-state index in [0.717, 1.165) is 18.5 Å². The molecule has 0 radical (unpaired) electrons. The van der Waals surface area contributed by atoms with Crippen molar-refractivity contribution >= 4 is 0 Å². The fourth-order valence-corrected chi connectivity index (χ4v) is 0.885. The molecule has 62 valence electrons. The van der Waals surface area contributed by atoms with Gasteiger partial charge in [-0.15, -0.1) is 5.10 Å². The van der Waals surface area contributed by atoms with Crippen LogP contribution in [0, 0.1) is 0 Å². The lowest BCUT2D eigenvalue weighted by Crippen LogP contribution is -2.15. The first-order valence-electron chi connectivity index (χ1n) is 3.79. The molecule has 0 saturated heterocycles. The maximum absolute atomic E-state index is 5.59. The molecule has 1 rings (SSSR count). The van der Waals surface area contributed by atoms with Crippen molar-refractivity contribution in [3.8, 4) is 0 Å². The molecule has 0 aliphatic rings. The molecular weight excluding hydrogens is 140 g/mol. The average molecular weight is 154 g/mol. The van der Waals surface area contributed by atoms with Gasteiger partial charge in [-0.3, -0.25) is 4.68 Å². The first-order valence-corrected chi connectivity index (χ1v) is 3.79. The lowest BCUT2D eigenvalue weighted by Gasteiger charge is -1.99. The van der Waals surface area contributed by atoms with Crippen molar-refractivity contribution < 1.29 is 0 Å². The molecule has 4 heteroatoms. The van der Waals surface area contributed by atoms with Gasteiger partial charge in [0.25, 0.3) is 0 Å².